The standard InChI is InChI=1S/C18H23F2NO3/c1-17(2,3)24-16(23)21-10-18(8-12(18)6-15(21)9-22)11-4-13(19)7-14(20)5-11/h4-5,7,12,15,22H,6,8-10H2,1-3H3/t12-,15?,18-/m1/s1. The first kappa shape index (κ1) is 17.1. The summed E-state index contributed by atoms with van der Waals surface area (Å²) in [6.45, 7) is 5.49. The Bertz CT molecular complexity index is 638. The van der Waals surface area contributed by atoms with Crippen molar-refractivity contribution in [1.82, 2.24) is 4.90 Å². The van der Waals surface area contributed by atoms with Gasteiger partial charge in [-0.2, -0.15) is 0 Å². The van der Waals surface area contributed by atoms with Crippen molar-refractivity contribution >= 4 is 6.09 Å². The molecule has 0 aromatic heterocycles. The van der Waals surface area contributed by atoms with Crippen molar-refractivity contribution in [2.75, 3.05) is 13.2 Å². The number of hydrogen-bond acceptors (Lipinski definition) is 3. The van der Waals surface area contributed by atoms with Gasteiger partial charge in [0.25, 0.3) is 0 Å². The van der Waals surface area contributed by atoms with Crippen molar-refractivity contribution < 1.29 is 23.4 Å². The van der Waals surface area contributed by atoms with E-state index >= 15 is 0 Å². The third-order valence-corrected chi connectivity index (χ3v) is 4.96. The second kappa shape index (κ2) is 5.69. The summed E-state index contributed by atoms with van der Waals surface area (Å²) in [4.78, 5) is 14.0. The molecule has 0 bridgehead atoms. The maximum atomic E-state index is 13.6. The van der Waals surface area contributed by atoms with Gasteiger partial charge < -0.3 is 14.7 Å². The fourth-order valence-electron chi connectivity index (χ4n) is 3.77. The van der Waals surface area contributed by atoms with Crippen molar-refractivity contribution in [2.24, 2.45) is 5.92 Å². The Labute approximate surface area is 140 Å². The van der Waals surface area contributed by atoms with Gasteiger partial charge in [-0.15, -0.1) is 0 Å². The molecule has 0 spiro atoms. The largest absolute Gasteiger partial charge is 0.444 e. The first-order chi connectivity index (χ1) is 11.1. The maximum Gasteiger partial charge on any atom is 0.410 e. The van der Waals surface area contributed by atoms with E-state index in [1.165, 1.54) is 17.0 Å². The van der Waals surface area contributed by atoms with Gasteiger partial charge in [0.05, 0.1) is 12.6 Å². The van der Waals surface area contributed by atoms with E-state index in [1.807, 2.05) is 0 Å². The topological polar surface area (TPSA) is 49.8 Å². The van der Waals surface area contributed by atoms with Crippen LogP contribution >= 0.6 is 0 Å². The van der Waals surface area contributed by atoms with E-state index < -0.39 is 28.7 Å². The number of piperidine rings is 1. The average Bonchev–Trinajstić information content (AvgIpc) is 3.17. The van der Waals surface area contributed by atoms with Crippen molar-refractivity contribution in [3.63, 3.8) is 0 Å². The molecule has 24 heavy (non-hydrogen) atoms. The molecule has 1 aliphatic carbocycles. The zero-order valence-corrected chi connectivity index (χ0v) is 14.2. The Morgan fingerprint density at radius 3 is 2.50 bits per heavy atom. The second-order valence-corrected chi connectivity index (χ2v) is 7.90. The van der Waals surface area contributed by atoms with E-state index in [1.54, 1.807) is 20.8 Å². The minimum Gasteiger partial charge on any atom is -0.444 e. The summed E-state index contributed by atoms with van der Waals surface area (Å²) in [6, 6.07) is 3.21. The third-order valence-electron chi connectivity index (χ3n) is 4.96. The quantitative estimate of drug-likeness (QED) is 0.900. The van der Waals surface area contributed by atoms with Crippen LogP contribution in [0.4, 0.5) is 13.6 Å². The summed E-state index contributed by atoms with van der Waals surface area (Å²) >= 11 is 0. The van der Waals surface area contributed by atoms with E-state index in [2.05, 4.69) is 0 Å². The summed E-state index contributed by atoms with van der Waals surface area (Å²) in [5.41, 5.74) is -0.504. The smallest absolute Gasteiger partial charge is 0.410 e. The molecule has 1 aromatic rings. The molecule has 4 nitrogen and oxygen atoms in total. The Morgan fingerprint density at radius 1 is 1.33 bits per heavy atom. The molecule has 1 unspecified atom stereocenters. The lowest BCUT2D eigenvalue weighted by Crippen LogP contribution is -2.52. The Balaban J connectivity index is 1.87. The zero-order valence-electron chi connectivity index (χ0n) is 14.2. The van der Waals surface area contributed by atoms with Gasteiger partial charge in [-0.05, 0) is 57.2 Å². The van der Waals surface area contributed by atoms with Crippen molar-refractivity contribution in [3.8, 4) is 0 Å². The van der Waals surface area contributed by atoms with E-state index in [-0.39, 0.29) is 18.6 Å². The molecule has 6 heteroatoms. The normalized spacial score (nSPS) is 29.2. The molecule has 1 heterocycles. The Hall–Kier alpha value is -1.69. The minimum atomic E-state index is -0.643. The number of likely N-dealkylation sites (tertiary alicyclic amines) is 1. The van der Waals surface area contributed by atoms with Gasteiger partial charge in [0, 0.05) is 18.0 Å². The predicted molar refractivity (Wildman–Crippen MR) is 84.6 cm³/mol. The predicted octanol–water partition coefficient (Wildman–Crippen LogP) is 3.22. The summed E-state index contributed by atoms with van der Waals surface area (Å²) < 4.78 is 32.6. The van der Waals surface area contributed by atoms with Gasteiger partial charge in [-0.1, -0.05) is 0 Å². The SMILES string of the molecule is CC(C)(C)OC(=O)N1C[C@@]2(c3cc(F)cc(F)c3)C[C@H]2CC1CO. The highest BCUT2D eigenvalue weighted by Crippen LogP contribution is 2.60. The van der Waals surface area contributed by atoms with Crippen LogP contribution in [0.3, 0.4) is 0 Å². The van der Waals surface area contributed by atoms with Crippen molar-refractivity contribution in [1.29, 1.82) is 0 Å². The van der Waals surface area contributed by atoms with Gasteiger partial charge in [-0.3, -0.25) is 0 Å². The minimum absolute atomic E-state index is 0.149. The number of nitrogens with zero attached hydrogens (tertiary/aromatic N) is 1. The van der Waals surface area contributed by atoms with Crippen LogP contribution in [0.25, 0.3) is 0 Å². The molecule has 3 rings (SSSR count). The lowest BCUT2D eigenvalue weighted by molar-refractivity contribution is -0.00200. The van der Waals surface area contributed by atoms with Crippen molar-refractivity contribution in [3.05, 3.63) is 35.4 Å². The summed E-state index contributed by atoms with van der Waals surface area (Å²) in [5, 5.41) is 9.62. The van der Waals surface area contributed by atoms with E-state index in [4.69, 9.17) is 4.74 Å². The molecule has 2 fully saturated rings. The molecule has 0 radical (unpaired) electrons. The van der Waals surface area contributed by atoms with Gasteiger partial charge >= 0.3 is 6.09 Å². The molecule has 3 atom stereocenters. The number of fused-ring (bicyclic) bond motifs is 1. The third kappa shape index (κ3) is 3.11. The molecular weight excluding hydrogens is 316 g/mol. The number of hydrogen-bond donors (Lipinski definition) is 1. The summed E-state index contributed by atoms with van der Waals surface area (Å²) in [5.74, 6) is -1.01. The van der Waals surface area contributed by atoms with E-state index in [9.17, 15) is 18.7 Å². The molecule has 1 aromatic carbocycles. The van der Waals surface area contributed by atoms with Crippen LogP contribution in [0.2, 0.25) is 0 Å². The molecule has 1 saturated carbocycles. The fraction of sp³-hybridized carbons (Fsp3) is 0.611. The molecule has 1 amide bonds. The van der Waals surface area contributed by atoms with Crippen molar-refractivity contribution in [2.45, 2.75) is 50.7 Å². The number of rotatable bonds is 2. The molecule has 132 valence electrons. The highest BCUT2D eigenvalue weighted by Gasteiger charge is 2.61. The van der Waals surface area contributed by atoms with Crippen LogP contribution in [0.5, 0.6) is 0 Å². The van der Waals surface area contributed by atoms with Gasteiger partial charge in [0.2, 0.25) is 0 Å². The highest BCUT2D eigenvalue weighted by molar-refractivity contribution is 5.69. The maximum absolute atomic E-state index is 13.6. The number of aliphatic hydroxyl groups is 1. The first-order valence-electron chi connectivity index (χ1n) is 8.22. The number of benzene rings is 1. The summed E-state index contributed by atoms with van der Waals surface area (Å²) in [6.07, 6.45) is 0.864. The number of amides is 1. The lowest BCUT2D eigenvalue weighted by atomic mass is 9.86. The van der Waals surface area contributed by atoms with Gasteiger partial charge in [0.1, 0.15) is 17.2 Å². The molecule has 1 saturated heterocycles. The number of carbonyl (C=O) groups excluding carboxylic acids is 1. The van der Waals surface area contributed by atoms with Crippen LogP contribution in [-0.4, -0.2) is 40.9 Å². The van der Waals surface area contributed by atoms with E-state index in [0.717, 1.165) is 12.5 Å². The van der Waals surface area contributed by atoms with Gasteiger partial charge in [-0.25, -0.2) is 13.6 Å². The Morgan fingerprint density at radius 2 is 1.96 bits per heavy atom. The second-order valence-electron chi connectivity index (χ2n) is 7.90. The summed E-state index contributed by atoms with van der Waals surface area (Å²) in [7, 11) is 0. The Kier molecular flexibility index (Phi) is 4.06. The number of aliphatic hydroxyl groups excluding tert-OH is 1. The molecule has 1 aliphatic heterocycles. The number of halogens is 2. The molecule has 1 N–H and O–H groups in total. The van der Waals surface area contributed by atoms with Crippen LogP contribution in [0.15, 0.2) is 18.2 Å². The monoisotopic (exact) mass is 339 g/mol. The fourth-order valence-corrected chi connectivity index (χ4v) is 3.77. The first-order valence-corrected chi connectivity index (χ1v) is 8.22. The number of ether oxygens (including phenoxy) is 1. The number of carbonyl (C=O) groups is 1. The van der Waals surface area contributed by atoms with Crippen LogP contribution in [0.1, 0.15) is 39.2 Å². The molecule has 2 aliphatic rings. The average molecular weight is 339 g/mol. The van der Waals surface area contributed by atoms with Gasteiger partial charge in [0.15, 0.2) is 0 Å². The van der Waals surface area contributed by atoms with E-state index in [0.29, 0.717) is 18.5 Å². The molecular formula is C18H23F2NO3. The lowest BCUT2D eigenvalue weighted by Gasteiger charge is -2.39. The van der Waals surface area contributed by atoms with Crippen LogP contribution < -0.4 is 0 Å². The zero-order chi connectivity index (χ0) is 17.7. The van der Waals surface area contributed by atoms with Crippen LogP contribution in [0, 0.1) is 17.6 Å². The highest BCUT2D eigenvalue weighted by atomic mass is 19.1. The van der Waals surface area contributed by atoms with Crippen LogP contribution in [-0.2, 0) is 10.2 Å².